The van der Waals surface area contributed by atoms with Crippen LogP contribution < -0.4 is 15.0 Å². The van der Waals surface area contributed by atoms with Crippen molar-refractivity contribution in [3.8, 4) is 17.0 Å². The third-order valence-electron chi connectivity index (χ3n) is 7.57. The number of hydrogen-bond acceptors (Lipinski definition) is 5. The molecule has 1 N–H and O–H groups in total. The van der Waals surface area contributed by atoms with E-state index in [1.807, 2.05) is 18.7 Å². The maximum absolute atomic E-state index is 16.4. The average Bonchev–Trinajstić information content (AvgIpc) is 3.00. The first-order chi connectivity index (χ1) is 21.0. The highest BCUT2D eigenvalue weighted by molar-refractivity contribution is 6.30. The Morgan fingerprint density at radius 2 is 1.86 bits per heavy atom. The average molecular weight is 635 g/mol. The number of rotatable bonds is 10. The fraction of sp³-hybridized carbons (Fsp3) is 0.406. The zero-order valence-corrected chi connectivity index (χ0v) is 25.6. The van der Waals surface area contributed by atoms with Crippen LogP contribution in [0.25, 0.3) is 11.1 Å². The molecule has 4 rings (SSSR count). The smallest absolute Gasteiger partial charge is 0.417 e. The van der Waals surface area contributed by atoms with Gasteiger partial charge >= 0.3 is 6.18 Å². The van der Waals surface area contributed by atoms with Gasteiger partial charge in [0, 0.05) is 54.6 Å². The molecule has 44 heavy (non-hydrogen) atoms. The Labute approximate surface area is 259 Å². The van der Waals surface area contributed by atoms with Gasteiger partial charge in [0.05, 0.1) is 29.0 Å². The van der Waals surface area contributed by atoms with E-state index in [1.54, 1.807) is 31.2 Å². The van der Waals surface area contributed by atoms with Crippen LogP contribution in [-0.4, -0.2) is 60.5 Å². The Hall–Kier alpha value is -3.86. The van der Waals surface area contributed by atoms with E-state index in [9.17, 15) is 22.8 Å². The largest absolute Gasteiger partial charge is 0.478 e. The molecule has 2 amide bonds. The highest BCUT2D eigenvalue weighted by Crippen LogP contribution is 2.38. The highest BCUT2D eigenvalue weighted by Gasteiger charge is 2.39. The molecule has 236 valence electrons. The summed E-state index contributed by atoms with van der Waals surface area (Å²) in [6, 6.07) is 9.24. The maximum Gasteiger partial charge on any atom is 0.417 e. The molecule has 7 nitrogen and oxygen atoms in total. The summed E-state index contributed by atoms with van der Waals surface area (Å²) >= 11 is 5.81. The van der Waals surface area contributed by atoms with Crippen LogP contribution in [0.3, 0.4) is 0 Å². The van der Waals surface area contributed by atoms with Crippen molar-refractivity contribution in [2.45, 2.75) is 52.3 Å². The first-order valence-electron chi connectivity index (χ1n) is 14.6. The molecule has 12 heteroatoms. The number of alkyl halides is 3. The Morgan fingerprint density at radius 1 is 1.09 bits per heavy atom. The summed E-state index contributed by atoms with van der Waals surface area (Å²) in [5, 5.41) is 2.69. The minimum atomic E-state index is -4.77. The molecule has 1 aliphatic rings. The van der Waals surface area contributed by atoms with Crippen molar-refractivity contribution in [3.63, 3.8) is 0 Å². The summed E-state index contributed by atoms with van der Waals surface area (Å²) in [5.41, 5.74) is -0.861. The lowest BCUT2D eigenvalue weighted by Gasteiger charge is -2.43. The summed E-state index contributed by atoms with van der Waals surface area (Å²) in [7, 11) is 0. The van der Waals surface area contributed by atoms with Gasteiger partial charge in [0.1, 0.15) is 5.82 Å². The Balaban J connectivity index is 1.71. The van der Waals surface area contributed by atoms with Crippen molar-refractivity contribution in [1.82, 2.24) is 15.2 Å². The number of anilines is 1. The summed E-state index contributed by atoms with van der Waals surface area (Å²) in [4.78, 5) is 34.3. The van der Waals surface area contributed by atoms with Crippen molar-refractivity contribution in [2.75, 3.05) is 37.7 Å². The molecule has 0 radical (unpaired) electrons. The molecule has 2 heterocycles. The van der Waals surface area contributed by atoms with E-state index in [2.05, 4.69) is 10.3 Å². The topological polar surface area (TPSA) is 74.8 Å². The molecule has 1 aliphatic heterocycles. The fourth-order valence-electron chi connectivity index (χ4n) is 5.36. The van der Waals surface area contributed by atoms with Gasteiger partial charge in [-0.2, -0.15) is 13.2 Å². The molecule has 1 saturated heterocycles. The predicted molar refractivity (Wildman–Crippen MR) is 162 cm³/mol. The van der Waals surface area contributed by atoms with Crippen molar-refractivity contribution in [1.29, 1.82) is 0 Å². The summed E-state index contributed by atoms with van der Waals surface area (Å²) < 4.78 is 63.3. The number of unbranched alkanes of at least 4 members (excludes halogenated alkanes) is 1. The number of nitrogens with one attached hydrogen (secondary N) is 1. The van der Waals surface area contributed by atoms with Crippen LogP contribution in [0.5, 0.6) is 5.88 Å². The highest BCUT2D eigenvalue weighted by atomic mass is 35.5. The summed E-state index contributed by atoms with van der Waals surface area (Å²) in [5.74, 6) is -1.86. The third-order valence-corrected chi connectivity index (χ3v) is 7.81. The van der Waals surface area contributed by atoms with Crippen molar-refractivity contribution in [3.05, 3.63) is 76.2 Å². The van der Waals surface area contributed by atoms with Crippen molar-refractivity contribution in [2.24, 2.45) is 0 Å². The van der Waals surface area contributed by atoms with Gasteiger partial charge in [0.2, 0.25) is 5.88 Å². The molecule has 0 spiro atoms. The molecule has 0 bridgehead atoms. The van der Waals surface area contributed by atoms with E-state index in [1.165, 1.54) is 17.2 Å². The van der Waals surface area contributed by atoms with Crippen LogP contribution in [0.2, 0.25) is 5.02 Å². The van der Waals surface area contributed by atoms with Crippen LogP contribution in [0.1, 0.15) is 66.3 Å². The van der Waals surface area contributed by atoms with E-state index < -0.39 is 41.0 Å². The van der Waals surface area contributed by atoms with Crippen LogP contribution in [0.15, 0.2) is 48.7 Å². The van der Waals surface area contributed by atoms with E-state index in [4.69, 9.17) is 16.3 Å². The minimum absolute atomic E-state index is 0.0621. The molecule has 1 atom stereocenters. The van der Waals surface area contributed by atoms with Gasteiger partial charge in [-0.25, -0.2) is 9.37 Å². The van der Waals surface area contributed by atoms with Gasteiger partial charge in [0.25, 0.3) is 11.8 Å². The quantitative estimate of drug-likeness (QED) is 0.188. The van der Waals surface area contributed by atoms with Crippen molar-refractivity contribution >= 4 is 29.1 Å². The van der Waals surface area contributed by atoms with Crippen molar-refractivity contribution < 1.29 is 31.9 Å². The number of hydrogen-bond donors (Lipinski definition) is 1. The Kier molecular flexibility index (Phi) is 10.7. The van der Waals surface area contributed by atoms with Crippen LogP contribution in [0, 0.1) is 5.82 Å². The van der Waals surface area contributed by atoms with Crippen LogP contribution in [0.4, 0.5) is 23.2 Å². The first kappa shape index (κ1) is 33.0. The van der Waals surface area contributed by atoms with Crippen LogP contribution in [-0.2, 0) is 6.18 Å². The SMILES string of the molecule is CCCCNC(=O)c1c(N2CCN(C(=O)c3ccc(Cl)cc3C(F)(F)F)C[C@H]2CC)ccc(-c2cccnc2OCC)c1F. The number of piperazine rings is 1. The number of pyridine rings is 1. The molecule has 2 aromatic carbocycles. The van der Waals surface area contributed by atoms with Gasteiger partial charge in [-0.15, -0.1) is 0 Å². The molecule has 1 aromatic heterocycles. The normalized spacial score (nSPS) is 15.3. The lowest BCUT2D eigenvalue weighted by molar-refractivity contribution is -0.138. The number of halogens is 5. The second-order valence-electron chi connectivity index (χ2n) is 10.4. The van der Waals surface area contributed by atoms with E-state index in [0.717, 1.165) is 18.6 Å². The molecule has 1 fully saturated rings. The molecule has 0 unspecified atom stereocenters. The number of amides is 2. The third kappa shape index (κ3) is 7.09. The molecule has 0 aliphatic carbocycles. The minimum Gasteiger partial charge on any atom is -0.478 e. The van der Waals surface area contributed by atoms with Gasteiger partial charge in [-0.1, -0.05) is 31.9 Å². The number of benzene rings is 2. The number of ether oxygens (including phenoxy) is 1. The van der Waals surface area contributed by atoms with E-state index >= 15 is 4.39 Å². The van der Waals surface area contributed by atoms with Crippen LogP contribution >= 0.6 is 11.6 Å². The standard InChI is InChI=1S/C32H35ClF4N4O3/c1-4-7-14-38-29(42)27-26(13-12-22(28(27)34)23-9-8-15-39-30(23)44-6-3)41-17-16-40(19-21(41)5-2)31(43)24-11-10-20(33)18-25(24)32(35,36)37/h8-13,15,18,21H,4-7,14,16-17,19H2,1-3H3,(H,38,42)/t21-/m1/s1. The lowest BCUT2D eigenvalue weighted by atomic mass is 9.97. The monoisotopic (exact) mass is 634 g/mol. The summed E-state index contributed by atoms with van der Waals surface area (Å²) in [6.45, 7) is 6.61. The fourth-order valence-corrected chi connectivity index (χ4v) is 5.53. The molecule has 0 saturated carbocycles. The molecular weight excluding hydrogens is 600 g/mol. The number of nitrogens with zero attached hydrogens (tertiary/aromatic N) is 3. The second-order valence-corrected chi connectivity index (χ2v) is 10.9. The van der Waals surface area contributed by atoms with E-state index in [0.29, 0.717) is 37.2 Å². The van der Waals surface area contributed by atoms with Gasteiger partial charge in [-0.05, 0) is 62.2 Å². The maximum atomic E-state index is 16.4. The lowest BCUT2D eigenvalue weighted by Crippen LogP contribution is -2.55. The number of carbonyl (C=O) groups is 2. The Morgan fingerprint density at radius 3 is 2.55 bits per heavy atom. The zero-order chi connectivity index (χ0) is 32.0. The van der Waals surface area contributed by atoms with Gasteiger partial charge in [0.15, 0.2) is 0 Å². The first-order valence-corrected chi connectivity index (χ1v) is 15.0. The predicted octanol–water partition coefficient (Wildman–Crippen LogP) is 7.23. The zero-order valence-electron chi connectivity index (χ0n) is 24.8. The molecule has 3 aromatic rings. The number of aromatic nitrogens is 1. The van der Waals surface area contributed by atoms with Gasteiger partial charge < -0.3 is 19.9 Å². The number of carbonyl (C=O) groups excluding carboxylic acids is 2. The summed E-state index contributed by atoms with van der Waals surface area (Å²) in [6.07, 6.45) is -1.21. The van der Waals surface area contributed by atoms with E-state index in [-0.39, 0.29) is 41.7 Å². The second kappa shape index (κ2) is 14.3. The van der Waals surface area contributed by atoms with Gasteiger partial charge in [-0.3, -0.25) is 9.59 Å². The Bertz CT molecular complexity index is 1500. The molecular formula is C32H35ClF4N4O3.